The minimum absolute atomic E-state index is 0.0974. The standard InChI is InChI=1S/C27H38FN7O2.C24H23F2NO/c1-6-20-14-22(26-31-32-33-34(26)5)16-24(15-20)30-27(37)29-19(4)25(36)17-35(7-2)18(3)8-9-21-10-12-23(28)13-11-21;25-22-6-3-19(4-7-22)24(28)14-17-9-11-27(12-10-17)16-18-1-2-21-15-23(26)8-5-20(21)13-18/h10-16,18-19,25,36H,6-9,17H2,1-5H3,(H2,29,30,37);1-8,13,15,17H,9-12,14,16H2/t18-,19+,25-;/m0./s1. The smallest absolute Gasteiger partial charge is 0.319 e. The number of aliphatic hydroxyl groups is 1. The van der Waals surface area contributed by atoms with Crippen molar-refractivity contribution in [2.24, 2.45) is 13.0 Å². The number of aliphatic hydroxyl groups excluding tert-OH is 1. The number of Topliss-reactive ketones (excluding diaryl/α,β-unsaturated/α-hetero) is 1. The van der Waals surface area contributed by atoms with Gasteiger partial charge in [0.15, 0.2) is 11.6 Å². The molecule has 6 aromatic rings. The number of benzene rings is 5. The molecule has 1 saturated heterocycles. The average molecular weight is 891 g/mol. The van der Waals surface area contributed by atoms with E-state index in [-0.39, 0.29) is 29.3 Å². The van der Waals surface area contributed by atoms with Gasteiger partial charge in [0.1, 0.15) is 17.5 Å². The van der Waals surface area contributed by atoms with Crippen LogP contribution >= 0.6 is 0 Å². The number of anilines is 1. The van der Waals surface area contributed by atoms with Gasteiger partial charge in [-0.15, -0.1) is 5.10 Å². The summed E-state index contributed by atoms with van der Waals surface area (Å²) in [6.45, 7) is 12.0. The predicted octanol–water partition coefficient (Wildman–Crippen LogP) is 9.40. The zero-order chi connectivity index (χ0) is 46.5. The summed E-state index contributed by atoms with van der Waals surface area (Å²) in [7, 11) is 1.76. The molecule has 1 aliphatic heterocycles. The normalized spacial score (nSPS) is 14.7. The summed E-state index contributed by atoms with van der Waals surface area (Å²) < 4.78 is 41.0. The third kappa shape index (κ3) is 14.3. The Morgan fingerprint density at radius 1 is 0.815 bits per heavy atom. The number of hydrogen-bond donors (Lipinski definition) is 3. The monoisotopic (exact) mass is 890 g/mol. The number of halogens is 3. The fourth-order valence-corrected chi connectivity index (χ4v) is 8.26. The minimum Gasteiger partial charge on any atom is -0.390 e. The number of likely N-dealkylation sites (tertiary alicyclic amines) is 1. The highest BCUT2D eigenvalue weighted by Crippen LogP contribution is 2.26. The number of ketones is 1. The van der Waals surface area contributed by atoms with Crippen LogP contribution in [0.1, 0.15) is 80.4 Å². The number of nitrogens with zero attached hydrogens (tertiary/aromatic N) is 6. The number of hydrogen-bond acceptors (Lipinski definition) is 8. The topological polar surface area (TPSA) is 129 Å². The molecule has 1 fully saturated rings. The van der Waals surface area contributed by atoms with Crippen molar-refractivity contribution in [1.29, 1.82) is 0 Å². The molecule has 5 aromatic carbocycles. The predicted molar refractivity (Wildman–Crippen MR) is 250 cm³/mol. The number of carbonyl (C=O) groups excluding carboxylic acids is 2. The van der Waals surface area contributed by atoms with Crippen LogP contribution in [-0.4, -0.2) is 91.3 Å². The van der Waals surface area contributed by atoms with Crippen LogP contribution in [0.25, 0.3) is 22.2 Å². The largest absolute Gasteiger partial charge is 0.390 e. The highest BCUT2D eigenvalue weighted by atomic mass is 19.1. The van der Waals surface area contributed by atoms with Crippen LogP contribution in [-0.2, 0) is 26.4 Å². The molecular weight excluding hydrogens is 830 g/mol. The highest BCUT2D eigenvalue weighted by Gasteiger charge is 2.24. The molecule has 0 radical (unpaired) electrons. The summed E-state index contributed by atoms with van der Waals surface area (Å²) in [5, 5.41) is 30.2. The Labute approximate surface area is 380 Å². The molecule has 0 spiro atoms. The fourth-order valence-electron chi connectivity index (χ4n) is 8.26. The van der Waals surface area contributed by atoms with Gasteiger partial charge in [-0.05, 0) is 182 Å². The lowest BCUT2D eigenvalue weighted by atomic mass is 9.89. The highest BCUT2D eigenvalue weighted by molar-refractivity contribution is 5.96. The van der Waals surface area contributed by atoms with Crippen LogP contribution in [0.15, 0.2) is 103 Å². The second-order valence-corrected chi connectivity index (χ2v) is 17.1. The number of urea groups is 1. The number of fused-ring (bicyclic) bond motifs is 1. The summed E-state index contributed by atoms with van der Waals surface area (Å²) in [6.07, 6.45) is 4.26. The van der Waals surface area contributed by atoms with Crippen molar-refractivity contribution in [2.75, 3.05) is 31.5 Å². The SMILES string of the molecule is CCc1cc(NC(=O)N[C@H](C)[C@@H](O)CN(CC)[C@@H](C)CCc2ccc(F)cc2)cc(-c2nnnn2C)c1.O=C(CC1CCN(Cc2ccc3cc(F)ccc3c2)CC1)c1ccc(F)cc1. The Balaban J connectivity index is 0.000000223. The molecule has 0 unspecified atom stereocenters. The number of aromatic nitrogens is 4. The maximum absolute atomic E-state index is 13.3. The Bertz CT molecular complexity index is 2470. The molecule has 7 rings (SSSR count). The van der Waals surface area contributed by atoms with Gasteiger partial charge in [0.25, 0.3) is 0 Å². The van der Waals surface area contributed by atoms with E-state index in [1.165, 1.54) is 35.9 Å². The lowest BCUT2D eigenvalue weighted by molar-refractivity contribution is 0.0715. The average Bonchev–Trinajstić information content (AvgIpc) is 3.74. The van der Waals surface area contributed by atoms with E-state index in [0.29, 0.717) is 36.0 Å². The Morgan fingerprint density at radius 3 is 2.12 bits per heavy atom. The first-order chi connectivity index (χ1) is 31.3. The van der Waals surface area contributed by atoms with Crippen LogP contribution in [0.2, 0.25) is 0 Å². The van der Waals surface area contributed by atoms with E-state index >= 15 is 0 Å². The van der Waals surface area contributed by atoms with Crippen LogP contribution in [0.5, 0.6) is 0 Å². The van der Waals surface area contributed by atoms with Gasteiger partial charge in [-0.3, -0.25) is 14.6 Å². The Hall–Kier alpha value is -5.96. The number of rotatable bonds is 17. The van der Waals surface area contributed by atoms with Crippen molar-refractivity contribution in [2.45, 2.75) is 91.0 Å². The molecular formula is C51H61F3N8O3. The molecule has 3 atom stereocenters. The van der Waals surface area contributed by atoms with Gasteiger partial charge in [0.2, 0.25) is 0 Å². The molecule has 1 aromatic heterocycles. The van der Waals surface area contributed by atoms with Crippen molar-refractivity contribution in [1.82, 2.24) is 35.3 Å². The number of amides is 2. The first-order valence-corrected chi connectivity index (χ1v) is 22.6. The Kier molecular flexibility index (Phi) is 17.4. The summed E-state index contributed by atoms with van der Waals surface area (Å²) in [4.78, 5) is 29.7. The molecule has 11 nitrogen and oxygen atoms in total. The summed E-state index contributed by atoms with van der Waals surface area (Å²) in [5.74, 6) is 0.326. The van der Waals surface area contributed by atoms with Gasteiger partial charge in [-0.25, -0.2) is 22.6 Å². The van der Waals surface area contributed by atoms with Gasteiger partial charge in [0.05, 0.1) is 12.1 Å². The molecule has 2 amide bonds. The molecule has 2 heterocycles. The molecule has 0 bridgehead atoms. The molecule has 0 aliphatic carbocycles. The number of piperidine rings is 1. The van der Waals surface area contributed by atoms with Gasteiger partial charge >= 0.3 is 6.03 Å². The summed E-state index contributed by atoms with van der Waals surface area (Å²) in [5.41, 5.74) is 5.38. The van der Waals surface area contributed by atoms with E-state index in [2.05, 4.69) is 61.9 Å². The third-order valence-corrected chi connectivity index (χ3v) is 12.3. The van der Waals surface area contributed by atoms with E-state index < -0.39 is 18.2 Å². The van der Waals surface area contributed by atoms with Gasteiger partial charge in [-0.2, -0.15) is 0 Å². The van der Waals surface area contributed by atoms with E-state index in [1.54, 1.807) is 49.0 Å². The lowest BCUT2D eigenvalue weighted by Crippen LogP contribution is -2.49. The maximum atomic E-state index is 13.3. The quantitative estimate of drug-likeness (QED) is 0.0774. The number of aryl methyl sites for hydroxylation is 3. The van der Waals surface area contributed by atoms with Crippen molar-refractivity contribution in [3.8, 4) is 11.4 Å². The van der Waals surface area contributed by atoms with Crippen molar-refractivity contribution in [3.63, 3.8) is 0 Å². The molecule has 344 valence electrons. The van der Waals surface area contributed by atoms with Crippen molar-refractivity contribution in [3.05, 3.63) is 143 Å². The van der Waals surface area contributed by atoms with E-state index in [4.69, 9.17) is 0 Å². The summed E-state index contributed by atoms with van der Waals surface area (Å²) >= 11 is 0. The maximum Gasteiger partial charge on any atom is 0.319 e. The van der Waals surface area contributed by atoms with E-state index in [0.717, 1.165) is 85.7 Å². The number of carbonyl (C=O) groups is 2. The van der Waals surface area contributed by atoms with Crippen LogP contribution in [0, 0.1) is 23.4 Å². The number of tetrazole rings is 1. The van der Waals surface area contributed by atoms with Gasteiger partial charge in [-0.1, -0.05) is 44.2 Å². The Morgan fingerprint density at radius 2 is 1.46 bits per heavy atom. The first kappa shape index (κ1) is 48.5. The van der Waals surface area contributed by atoms with E-state index in [9.17, 15) is 27.9 Å². The molecule has 1 aliphatic rings. The zero-order valence-electron chi connectivity index (χ0n) is 38.0. The molecule has 65 heavy (non-hydrogen) atoms. The van der Waals surface area contributed by atoms with Gasteiger partial charge < -0.3 is 15.7 Å². The lowest BCUT2D eigenvalue weighted by Gasteiger charge is -2.32. The van der Waals surface area contributed by atoms with Crippen LogP contribution in [0.3, 0.4) is 0 Å². The molecule has 3 N–H and O–H groups in total. The summed E-state index contributed by atoms with van der Waals surface area (Å²) in [6, 6.07) is 28.5. The second kappa shape index (κ2) is 23.3. The van der Waals surface area contributed by atoms with E-state index in [1.807, 2.05) is 37.3 Å². The first-order valence-electron chi connectivity index (χ1n) is 22.6. The van der Waals surface area contributed by atoms with Crippen LogP contribution < -0.4 is 10.6 Å². The van der Waals surface area contributed by atoms with Crippen molar-refractivity contribution < 1.29 is 27.9 Å². The van der Waals surface area contributed by atoms with Gasteiger partial charge in [0, 0.05) is 49.4 Å². The molecule has 14 heteroatoms. The minimum atomic E-state index is -0.749. The fraction of sp³-hybridized carbons (Fsp3) is 0.392. The zero-order valence-corrected chi connectivity index (χ0v) is 38.0. The third-order valence-electron chi connectivity index (χ3n) is 12.3. The molecule has 0 saturated carbocycles. The second-order valence-electron chi connectivity index (χ2n) is 17.1. The van der Waals surface area contributed by atoms with Crippen LogP contribution in [0.4, 0.5) is 23.7 Å². The number of likely N-dealkylation sites (N-methyl/N-ethyl adjacent to an activating group) is 1. The van der Waals surface area contributed by atoms with Crippen molar-refractivity contribution >= 4 is 28.3 Å². The number of nitrogens with one attached hydrogen (secondary N) is 2.